The normalized spacial score (nSPS) is 28.4. The molecule has 1 aliphatic carbocycles. The molecule has 2 aromatic rings. The molecule has 31 heavy (non-hydrogen) atoms. The average molecular weight is 423 g/mol. The number of amides is 2. The first kappa shape index (κ1) is 20.2. The van der Waals surface area contributed by atoms with Gasteiger partial charge in [-0.05, 0) is 57.1 Å². The Balaban J connectivity index is 1.38. The molecular formula is C24H30N4O3. The van der Waals surface area contributed by atoms with Crippen LogP contribution in [0.2, 0.25) is 0 Å². The van der Waals surface area contributed by atoms with Crippen LogP contribution in [0.4, 0.5) is 0 Å². The predicted octanol–water partition coefficient (Wildman–Crippen LogP) is 3.56. The maximum Gasteiger partial charge on any atom is 0.254 e. The van der Waals surface area contributed by atoms with Crippen molar-refractivity contribution in [2.24, 2.45) is 5.92 Å². The zero-order valence-electron chi connectivity index (χ0n) is 18.1. The number of carbonyl (C=O) groups excluding carboxylic acids is 2. The van der Waals surface area contributed by atoms with Crippen molar-refractivity contribution in [3.05, 3.63) is 47.6 Å². The molecule has 7 nitrogen and oxygen atoms in total. The fourth-order valence-corrected chi connectivity index (χ4v) is 5.77. The van der Waals surface area contributed by atoms with Crippen LogP contribution in [0.5, 0.6) is 0 Å². The van der Waals surface area contributed by atoms with Crippen LogP contribution in [0.15, 0.2) is 34.9 Å². The van der Waals surface area contributed by atoms with E-state index in [1.54, 1.807) is 0 Å². The van der Waals surface area contributed by atoms with E-state index in [2.05, 4.69) is 10.1 Å². The Morgan fingerprint density at radius 2 is 1.87 bits per heavy atom. The highest BCUT2D eigenvalue weighted by Crippen LogP contribution is 2.41. The summed E-state index contributed by atoms with van der Waals surface area (Å²) in [7, 11) is 0. The fourth-order valence-electron chi connectivity index (χ4n) is 5.77. The highest BCUT2D eigenvalue weighted by Gasteiger charge is 2.49. The third kappa shape index (κ3) is 3.86. The lowest BCUT2D eigenvalue weighted by Crippen LogP contribution is -2.52. The summed E-state index contributed by atoms with van der Waals surface area (Å²) < 4.78 is 5.39. The van der Waals surface area contributed by atoms with Crippen LogP contribution >= 0.6 is 0 Å². The van der Waals surface area contributed by atoms with Crippen molar-refractivity contribution in [2.75, 3.05) is 13.1 Å². The molecule has 0 radical (unpaired) electrons. The van der Waals surface area contributed by atoms with E-state index in [4.69, 9.17) is 4.52 Å². The molecule has 3 heterocycles. The Kier molecular flexibility index (Phi) is 5.50. The van der Waals surface area contributed by atoms with Crippen LogP contribution in [-0.2, 0) is 4.79 Å². The minimum atomic E-state index is -0.371. The maximum absolute atomic E-state index is 13.7. The van der Waals surface area contributed by atoms with E-state index < -0.39 is 0 Å². The molecule has 1 saturated carbocycles. The Morgan fingerprint density at radius 3 is 2.65 bits per heavy atom. The summed E-state index contributed by atoms with van der Waals surface area (Å²) in [5.41, 5.74) is 0.671. The van der Waals surface area contributed by atoms with Crippen LogP contribution < -0.4 is 0 Å². The minimum Gasteiger partial charge on any atom is -0.340 e. The number of piperidine rings is 1. The van der Waals surface area contributed by atoms with Gasteiger partial charge in [0.05, 0.1) is 5.92 Å². The Hall–Kier alpha value is -2.70. The smallest absolute Gasteiger partial charge is 0.254 e. The Labute approximate surface area is 182 Å². The molecule has 164 valence electrons. The van der Waals surface area contributed by atoms with Crippen molar-refractivity contribution >= 4 is 11.8 Å². The third-order valence-corrected chi connectivity index (χ3v) is 7.25. The summed E-state index contributed by atoms with van der Waals surface area (Å²) >= 11 is 0. The van der Waals surface area contributed by atoms with Gasteiger partial charge in [0.15, 0.2) is 5.82 Å². The van der Waals surface area contributed by atoms with Crippen LogP contribution in [-0.4, -0.2) is 56.9 Å². The zero-order valence-corrected chi connectivity index (χ0v) is 18.1. The number of carbonyl (C=O) groups is 2. The second-order valence-corrected chi connectivity index (χ2v) is 9.25. The lowest BCUT2D eigenvalue weighted by atomic mass is 9.84. The van der Waals surface area contributed by atoms with Crippen LogP contribution in [0, 0.1) is 12.8 Å². The number of benzene rings is 1. The largest absolute Gasteiger partial charge is 0.340 e. The van der Waals surface area contributed by atoms with Gasteiger partial charge < -0.3 is 14.3 Å². The van der Waals surface area contributed by atoms with Crippen molar-refractivity contribution in [2.45, 2.75) is 69.9 Å². The van der Waals surface area contributed by atoms with Gasteiger partial charge in [-0.2, -0.15) is 4.98 Å². The second-order valence-electron chi connectivity index (χ2n) is 9.25. The van der Waals surface area contributed by atoms with Gasteiger partial charge in [0, 0.05) is 24.7 Å². The number of aromatic nitrogens is 2. The third-order valence-electron chi connectivity index (χ3n) is 7.25. The molecule has 2 aliphatic heterocycles. The highest BCUT2D eigenvalue weighted by molar-refractivity contribution is 5.98. The Morgan fingerprint density at radius 1 is 1.06 bits per heavy atom. The first-order valence-electron chi connectivity index (χ1n) is 11.6. The number of hydrogen-bond donors (Lipinski definition) is 0. The van der Waals surface area contributed by atoms with E-state index in [0.717, 1.165) is 45.1 Å². The van der Waals surface area contributed by atoms with Gasteiger partial charge in [0.2, 0.25) is 11.8 Å². The van der Waals surface area contributed by atoms with Gasteiger partial charge in [0.25, 0.3) is 5.91 Å². The van der Waals surface area contributed by atoms with Crippen molar-refractivity contribution in [3.8, 4) is 0 Å². The number of rotatable bonds is 3. The van der Waals surface area contributed by atoms with Gasteiger partial charge in [-0.3, -0.25) is 9.59 Å². The average Bonchev–Trinajstić information content (AvgIpc) is 3.42. The van der Waals surface area contributed by atoms with Gasteiger partial charge in [0.1, 0.15) is 6.04 Å². The van der Waals surface area contributed by atoms with Gasteiger partial charge in [-0.1, -0.05) is 36.2 Å². The van der Waals surface area contributed by atoms with Gasteiger partial charge >= 0.3 is 0 Å². The quantitative estimate of drug-likeness (QED) is 0.756. The van der Waals surface area contributed by atoms with E-state index in [9.17, 15) is 9.59 Å². The topological polar surface area (TPSA) is 79.5 Å². The fraction of sp³-hybridized carbons (Fsp3) is 0.583. The molecule has 0 spiro atoms. The number of aryl methyl sites for hydroxylation is 1. The molecule has 2 amide bonds. The first-order valence-corrected chi connectivity index (χ1v) is 11.6. The molecular weight excluding hydrogens is 392 g/mol. The summed E-state index contributed by atoms with van der Waals surface area (Å²) in [6.45, 7) is 3.12. The lowest BCUT2D eigenvalue weighted by molar-refractivity contribution is -0.137. The first-order chi connectivity index (χ1) is 15.1. The second kappa shape index (κ2) is 8.44. The van der Waals surface area contributed by atoms with Crippen molar-refractivity contribution in [3.63, 3.8) is 0 Å². The van der Waals surface area contributed by atoms with Crippen LogP contribution in [0.25, 0.3) is 0 Å². The van der Waals surface area contributed by atoms with E-state index in [0.29, 0.717) is 29.7 Å². The van der Waals surface area contributed by atoms with Crippen LogP contribution in [0.1, 0.15) is 72.9 Å². The maximum atomic E-state index is 13.7. The molecule has 3 fully saturated rings. The SMILES string of the molecule is Cc1noc(C2CCCN(C(=O)C3CC4CCCCC4N3C(=O)c3ccccc3)C2)n1. The van der Waals surface area contributed by atoms with E-state index >= 15 is 0 Å². The van der Waals surface area contributed by atoms with E-state index in [1.165, 1.54) is 6.42 Å². The zero-order chi connectivity index (χ0) is 21.4. The molecule has 1 aromatic carbocycles. The summed E-state index contributed by atoms with van der Waals surface area (Å²) in [5.74, 6) is 1.81. The molecule has 7 heteroatoms. The van der Waals surface area contributed by atoms with Crippen molar-refractivity contribution in [1.29, 1.82) is 0 Å². The number of fused-ring (bicyclic) bond motifs is 1. The number of nitrogens with zero attached hydrogens (tertiary/aromatic N) is 4. The summed E-state index contributed by atoms with van der Waals surface area (Å²) in [6.07, 6.45) is 7.05. The molecule has 0 N–H and O–H groups in total. The standard InChI is InChI=1S/C24H30N4O3/c1-16-25-22(31-26-16)19-11-7-13-27(15-19)24(30)21-14-18-10-5-6-12-20(18)28(21)23(29)17-8-3-2-4-9-17/h2-4,8-9,18-21H,5-7,10-15H2,1H3. The molecule has 4 atom stereocenters. The van der Waals surface area contributed by atoms with Crippen LogP contribution in [0.3, 0.4) is 0 Å². The monoisotopic (exact) mass is 422 g/mol. The van der Waals surface area contributed by atoms with E-state index in [-0.39, 0.29) is 29.8 Å². The highest BCUT2D eigenvalue weighted by atomic mass is 16.5. The molecule has 4 unspecified atom stereocenters. The molecule has 2 saturated heterocycles. The van der Waals surface area contributed by atoms with Gasteiger partial charge in [-0.15, -0.1) is 0 Å². The number of likely N-dealkylation sites (tertiary alicyclic amines) is 2. The van der Waals surface area contributed by atoms with E-state index in [1.807, 2.05) is 47.1 Å². The molecule has 1 aromatic heterocycles. The molecule has 5 rings (SSSR count). The number of hydrogen-bond acceptors (Lipinski definition) is 5. The minimum absolute atomic E-state index is 0.00515. The molecule has 0 bridgehead atoms. The molecule has 3 aliphatic rings. The summed E-state index contributed by atoms with van der Waals surface area (Å²) in [6, 6.07) is 9.21. The predicted molar refractivity (Wildman–Crippen MR) is 114 cm³/mol. The van der Waals surface area contributed by atoms with Crippen molar-refractivity contribution in [1.82, 2.24) is 19.9 Å². The van der Waals surface area contributed by atoms with Crippen molar-refractivity contribution < 1.29 is 14.1 Å². The lowest BCUT2D eigenvalue weighted by Gasteiger charge is -2.37. The van der Waals surface area contributed by atoms with Gasteiger partial charge in [-0.25, -0.2) is 0 Å². The summed E-state index contributed by atoms with van der Waals surface area (Å²) in [5, 5.41) is 3.91. The Bertz CT molecular complexity index is 943. The summed E-state index contributed by atoms with van der Waals surface area (Å²) in [4.78, 5) is 35.5.